The van der Waals surface area contributed by atoms with Crippen molar-refractivity contribution in [1.82, 2.24) is 10.4 Å². The number of nitrogens with one attached hydrogen (secondary N) is 1. The first kappa shape index (κ1) is 13.9. The fourth-order valence-electron chi connectivity index (χ4n) is 2.09. The van der Waals surface area contributed by atoms with Gasteiger partial charge in [-0.15, -0.1) is 0 Å². The van der Waals surface area contributed by atoms with Crippen LogP contribution in [-0.4, -0.2) is 25.4 Å². The molecule has 6 heteroatoms. The molecule has 3 N–H and O–H groups in total. The van der Waals surface area contributed by atoms with E-state index >= 15 is 0 Å². The highest BCUT2D eigenvalue weighted by molar-refractivity contribution is 7.90. The standard InChI is InChI=1S/C13H17N3O2S/c1-19(17,18)9-7-13(16-14)11-4-2-6-12-10(11)5-3-8-15-12/h2-6,8,13,16H,7,9,14H2,1H3. The number of hydrazine groups is 1. The lowest BCUT2D eigenvalue weighted by atomic mass is 10.00. The molecule has 1 aromatic carbocycles. The monoisotopic (exact) mass is 279 g/mol. The smallest absolute Gasteiger partial charge is 0.147 e. The van der Waals surface area contributed by atoms with Gasteiger partial charge in [0, 0.05) is 23.9 Å². The van der Waals surface area contributed by atoms with Crippen molar-refractivity contribution in [3.8, 4) is 0 Å². The van der Waals surface area contributed by atoms with Gasteiger partial charge in [0.05, 0.1) is 11.3 Å². The van der Waals surface area contributed by atoms with Crippen LogP contribution in [0.3, 0.4) is 0 Å². The normalized spacial score (nSPS) is 13.6. The van der Waals surface area contributed by atoms with Gasteiger partial charge in [0.1, 0.15) is 9.84 Å². The number of hydrogen-bond acceptors (Lipinski definition) is 5. The molecular formula is C13H17N3O2S. The molecule has 0 bridgehead atoms. The van der Waals surface area contributed by atoms with Gasteiger partial charge in [0.15, 0.2) is 0 Å². The fourth-order valence-corrected chi connectivity index (χ4v) is 2.76. The summed E-state index contributed by atoms with van der Waals surface area (Å²) in [5, 5.41) is 0.987. The minimum absolute atomic E-state index is 0.0958. The molecule has 0 amide bonds. The maximum atomic E-state index is 11.3. The third-order valence-corrected chi connectivity index (χ3v) is 4.01. The highest BCUT2D eigenvalue weighted by atomic mass is 32.2. The van der Waals surface area contributed by atoms with Crippen molar-refractivity contribution in [1.29, 1.82) is 0 Å². The predicted octanol–water partition coefficient (Wildman–Crippen LogP) is 1.17. The van der Waals surface area contributed by atoms with Crippen LogP contribution in [0.4, 0.5) is 0 Å². The number of hydrogen-bond donors (Lipinski definition) is 2. The van der Waals surface area contributed by atoms with Gasteiger partial charge >= 0.3 is 0 Å². The lowest BCUT2D eigenvalue weighted by molar-refractivity contribution is 0.534. The van der Waals surface area contributed by atoms with Crippen molar-refractivity contribution in [2.45, 2.75) is 12.5 Å². The molecule has 102 valence electrons. The predicted molar refractivity (Wildman–Crippen MR) is 76.1 cm³/mol. The zero-order valence-corrected chi connectivity index (χ0v) is 11.5. The van der Waals surface area contributed by atoms with E-state index in [1.54, 1.807) is 6.20 Å². The Morgan fingerprint density at radius 1 is 1.32 bits per heavy atom. The molecule has 0 fully saturated rings. The van der Waals surface area contributed by atoms with Gasteiger partial charge in [-0.25, -0.2) is 8.42 Å². The number of rotatable bonds is 5. The Hall–Kier alpha value is -1.50. The Bertz CT molecular complexity index is 665. The molecule has 0 saturated heterocycles. The highest BCUT2D eigenvalue weighted by Crippen LogP contribution is 2.24. The average Bonchev–Trinajstić information content (AvgIpc) is 2.38. The molecular weight excluding hydrogens is 262 g/mol. The van der Waals surface area contributed by atoms with E-state index < -0.39 is 9.84 Å². The van der Waals surface area contributed by atoms with E-state index in [-0.39, 0.29) is 11.8 Å². The summed E-state index contributed by atoms with van der Waals surface area (Å²) in [5.41, 5.74) is 4.53. The van der Waals surface area contributed by atoms with E-state index in [1.165, 1.54) is 6.26 Å². The molecule has 0 spiro atoms. The summed E-state index contributed by atoms with van der Waals surface area (Å²) in [6.45, 7) is 0. The highest BCUT2D eigenvalue weighted by Gasteiger charge is 2.15. The molecule has 0 aliphatic heterocycles. The van der Waals surface area contributed by atoms with Gasteiger partial charge in [0.2, 0.25) is 0 Å². The molecule has 5 nitrogen and oxygen atoms in total. The van der Waals surface area contributed by atoms with Crippen LogP contribution in [0, 0.1) is 0 Å². The van der Waals surface area contributed by atoms with Crippen LogP contribution in [0.1, 0.15) is 18.0 Å². The van der Waals surface area contributed by atoms with Gasteiger partial charge in [-0.3, -0.25) is 16.3 Å². The quantitative estimate of drug-likeness (QED) is 0.634. The Labute approximate surface area is 112 Å². The molecule has 19 heavy (non-hydrogen) atoms. The Kier molecular flexibility index (Phi) is 4.14. The Morgan fingerprint density at radius 3 is 2.79 bits per heavy atom. The third kappa shape index (κ3) is 3.50. The van der Waals surface area contributed by atoms with Crippen LogP contribution >= 0.6 is 0 Å². The third-order valence-electron chi connectivity index (χ3n) is 3.03. The van der Waals surface area contributed by atoms with Crippen LogP contribution in [-0.2, 0) is 9.84 Å². The van der Waals surface area contributed by atoms with Crippen molar-refractivity contribution in [2.24, 2.45) is 5.84 Å². The van der Waals surface area contributed by atoms with E-state index in [4.69, 9.17) is 5.84 Å². The zero-order valence-electron chi connectivity index (χ0n) is 10.7. The SMILES string of the molecule is CS(=O)(=O)CCC(NN)c1cccc2ncccc12. The second-order valence-corrected chi connectivity index (χ2v) is 6.81. The van der Waals surface area contributed by atoms with Gasteiger partial charge in [-0.05, 0) is 24.1 Å². The van der Waals surface area contributed by atoms with E-state index in [1.807, 2.05) is 30.3 Å². The number of fused-ring (bicyclic) bond motifs is 1. The average molecular weight is 279 g/mol. The van der Waals surface area contributed by atoms with Crippen LogP contribution in [0.2, 0.25) is 0 Å². The molecule has 2 aromatic rings. The molecule has 1 unspecified atom stereocenters. The minimum Gasteiger partial charge on any atom is -0.271 e. The summed E-state index contributed by atoms with van der Waals surface area (Å²) in [6, 6.07) is 9.37. The van der Waals surface area contributed by atoms with Crippen molar-refractivity contribution < 1.29 is 8.42 Å². The largest absolute Gasteiger partial charge is 0.271 e. The van der Waals surface area contributed by atoms with Gasteiger partial charge in [-0.1, -0.05) is 18.2 Å². The number of pyridine rings is 1. The van der Waals surface area contributed by atoms with Crippen molar-refractivity contribution in [3.05, 3.63) is 42.1 Å². The van der Waals surface area contributed by atoms with Gasteiger partial charge < -0.3 is 0 Å². The first-order valence-electron chi connectivity index (χ1n) is 5.99. The maximum absolute atomic E-state index is 11.3. The Balaban J connectivity index is 2.35. The number of nitrogens with two attached hydrogens (primary N) is 1. The van der Waals surface area contributed by atoms with Crippen molar-refractivity contribution >= 4 is 20.7 Å². The molecule has 1 heterocycles. The number of sulfone groups is 1. The zero-order chi connectivity index (χ0) is 13.9. The van der Waals surface area contributed by atoms with Gasteiger partial charge in [0.25, 0.3) is 0 Å². The number of nitrogens with zero attached hydrogens (tertiary/aromatic N) is 1. The summed E-state index contributed by atoms with van der Waals surface area (Å²) >= 11 is 0. The molecule has 1 aromatic heterocycles. The molecule has 1 atom stereocenters. The van der Waals surface area contributed by atoms with E-state index in [0.29, 0.717) is 6.42 Å². The summed E-state index contributed by atoms with van der Waals surface area (Å²) in [4.78, 5) is 4.28. The van der Waals surface area contributed by atoms with Crippen LogP contribution in [0.5, 0.6) is 0 Å². The second kappa shape index (κ2) is 5.64. The first-order chi connectivity index (χ1) is 9.01. The Morgan fingerprint density at radius 2 is 2.11 bits per heavy atom. The van der Waals surface area contributed by atoms with Crippen LogP contribution in [0.15, 0.2) is 36.5 Å². The molecule has 2 rings (SSSR count). The summed E-state index contributed by atoms with van der Waals surface area (Å²) in [5.74, 6) is 5.66. The lowest BCUT2D eigenvalue weighted by Gasteiger charge is -2.17. The molecule has 0 radical (unpaired) electrons. The topological polar surface area (TPSA) is 85.1 Å². The molecule has 0 aliphatic rings. The minimum atomic E-state index is -3.00. The molecule has 0 saturated carbocycles. The van der Waals surface area contributed by atoms with Crippen molar-refractivity contribution in [3.63, 3.8) is 0 Å². The van der Waals surface area contributed by atoms with E-state index in [0.717, 1.165) is 16.5 Å². The first-order valence-corrected chi connectivity index (χ1v) is 8.05. The summed E-state index contributed by atoms with van der Waals surface area (Å²) in [7, 11) is -3.00. The van der Waals surface area contributed by atoms with Gasteiger partial charge in [-0.2, -0.15) is 0 Å². The lowest BCUT2D eigenvalue weighted by Crippen LogP contribution is -2.29. The fraction of sp³-hybridized carbons (Fsp3) is 0.308. The maximum Gasteiger partial charge on any atom is 0.147 e. The van der Waals surface area contributed by atoms with Crippen molar-refractivity contribution in [2.75, 3.05) is 12.0 Å². The van der Waals surface area contributed by atoms with Crippen LogP contribution < -0.4 is 11.3 Å². The molecule has 0 aliphatic carbocycles. The number of benzene rings is 1. The summed E-state index contributed by atoms with van der Waals surface area (Å²) in [6.07, 6.45) is 3.39. The number of aromatic nitrogens is 1. The van der Waals surface area contributed by atoms with E-state index in [2.05, 4.69) is 10.4 Å². The second-order valence-electron chi connectivity index (χ2n) is 4.56. The van der Waals surface area contributed by atoms with E-state index in [9.17, 15) is 8.42 Å². The summed E-state index contributed by atoms with van der Waals surface area (Å²) < 4.78 is 22.5. The van der Waals surface area contributed by atoms with Crippen LogP contribution in [0.25, 0.3) is 10.9 Å².